The second-order valence-electron chi connectivity index (χ2n) is 8.48. The van der Waals surface area contributed by atoms with Crippen LogP contribution in [-0.2, 0) is 10.0 Å². The molecule has 0 aliphatic carbocycles. The zero-order valence-corrected chi connectivity index (χ0v) is 21.9. The van der Waals surface area contributed by atoms with E-state index in [2.05, 4.69) is 26.2 Å². The molecule has 35 heavy (non-hydrogen) atoms. The van der Waals surface area contributed by atoms with E-state index in [1.807, 2.05) is 51.1 Å². The highest BCUT2D eigenvalue weighted by atomic mass is 79.9. The Bertz CT molecular complexity index is 1660. The molecule has 3 aromatic carbocycles. The molecule has 0 radical (unpaired) electrons. The van der Waals surface area contributed by atoms with Gasteiger partial charge >= 0.3 is 0 Å². The van der Waals surface area contributed by atoms with Crippen molar-refractivity contribution in [3.05, 3.63) is 100 Å². The molecule has 2 aromatic heterocycles. The van der Waals surface area contributed by atoms with Crippen LogP contribution < -0.4 is 5.32 Å². The quantitative estimate of drug-likeness (QED) is 0.263. The Hall–Kier alpha value is -3.49. The van der Waals surface area contributed by atoms with Gasteiger partial charge < -0.3 is 5.32 Å². The van der Waals surface area contributed by atoms with Gasteiger partial charge in [0.1, 0.15) is 0 Å². The molecule has 8 heteroatoms. The molecule has 0 aliphatic heterocycles. The molecule has 5 aromatic rings. The Morgan fingerprint density at radius 3 is 2.34 bits per heavy atom. The molecule has 1 N–H and O–H groups in total. The topological polar surface area (TPSA) is 76.9 Å². The van der Waals surface area contributed by atoms with Crippen LogP contribution in [0.4, 0.5) is 11.6 Å². The lowest BCUT2D eigenvalue weighted by Gasteiger charge is -2.11. The fraction of sp³-hybridized carbons (Fsp3) is 0.111. The monoisotopic (exact) mass is 546 g/mol. The van der Waals surface area contributed by atoms with Crippen LogP contribution in [0.2, 0.25) is 0 Å². The highest BCUT2D eigenvalue weighted by Crippen LogP contribution is 2.34. The van der Waals surface area contributed by atoms with Crippen molar-refractivity contribution >= 4 is 48.5 Å². The van der Waals surface area contributed by atoms with E-state index in [0.29, 0.717) is 22.7 Å². The fourth-order valence-electron chi connectivity index (χ4n) is 4.09. The van der Waals surface area contributed by atoms with Gasteiger partial charge in [-0.1, -0.05) is 51.8 Å². The lowest BCUT2D eigenvalue weighted by Crippen LogP contribution is -2.11. The highest BCUT2D eigenvalue weighted by molar-refractivity contribution is 9.10. The van der Waals surface area contributed by atoms with E-state index < -0.39 is 10.0 Å². The van der Waals surface area contributed by atoms with E-state index in [-0.39, 0.29) is 4.90 Å². The molecule has 0 amide bonds. The van der Waals surface area contributed by atoms with Crippen molar-refractivity contribution in [2.45, 2.75) is 25.7 Å². The van der Waals surface area contributed by atoms with Crippen molar-refractivity contribution in [3.8, 4) is 11.3 Å². The summed E-state index contributed by atoms with van der Waals surface area (Å²) >= 11 is 3.52. The van der Waals surface area contributed by atoms with E-state index >= 15 is 0 Å². The Labute approximate surface area is 212 Å². The van der Waals surface area contributed by atoms with Crippen LogP contribution in [0.25, 0.3) is 22.2 Å². The summed E-state index contributed by atoms with van der Waals surface area (Å²) in [6.07, 6.45) is 3.31. The van der Waals surface area contributed by atoms with Crippen LogP contribution >= 0.6 is 15.9 Å². The van der Waals surface area contributed by atoms with Gasteiger partial charge in [0, 0.05) is 33.5 Å². The number of aryl methyl sites for hydroxylation is 3. The Morgan fingerprint density at radius 2 is 1.63 bits per heavy atom. The van der Waals surface area contributed by atoms with Crippen LogP contribution in [0.1, 0.15) is 16.7 Å². The molecule has 2 heterocycles. The minimum absolute atomic E-state index is 0.231. The average molecular weight is 547 g/mol. The maximum atomic E-state index is 13.6. The van der Waals surface area contributed by atoms with Crippen molar-refractivity contribution < 1.29 is 8.42 Å². The molecule has 0 fully saturated rings. The Balaban J connectivity index is 1.65. The summed E-state index contributed by atoms with van der Waals surface area (Å²) in [5, 5.41) is 4.09. The first kappa shape index (κ1) is 23.3. The number of anilines is 2. The van der Waals surface area contributed by atoms with E-state index in [9.17, 15) is 8.42 Å². The van der Waals surface area contributed by atoms with E-state index in [0.717, 1.165) is 32.2 Å². The van der Waals surface area contributed by atoms with Gasteiger partial charge in [0.15, 0.2) is 0 Å². The number of benzene rings is 3. The third kappa shape index (κ3) is 4.35. The van der Waals surface area contributed by atoms with Crippen molar-refractivity contribution in [2.75, 3.05) is 5.32 Å². The standard InChI is InChI=1S/C27H23BrN4O2S/c1-17-7-10-21(11-8-17)35(33,34)32-16-23(22-15-20(28)9-12-25(22)32)24-13-14-29-27(30-24)31-26-18(2)5-4-6-19(26)3/h4-16H,1-3H3,(H,29,30,31). The summed E-state index contributed by atoms with van der Waals surface area (Å²) in [5.41, 5.74) is 6.02. The predicted molar refractivity (Wildman–Crippen MR) is 144 cm³/mol. The first-order valence-corrected chi connectivity index (χ1v) is 13.3. The zero-order chi connectivity index (χ0) is 24.7. The maximum Gasteiger partial charge on any atom is 0.268 e. The third-order valence-electron chi connectivity index (χ3n) is 5.96. The second-order valence-corrected chi connectivity index (χ2v) is 11.2. The minimum Gasteiger partial charge on any atom is -0.324 e. The molecular formula is C27H23BrN4O2S. The van der Waals surface area contributed by atoms with Crippen molar-refractivity contribution in [1.29, 1.82) is 0 Å². The summed E-state index contributed by atoms with van der Waals surface area (Å²) in [4.78, 5) is 9.36. The van der Waals surface area contributed by atoms with Gasteiger partial charge in [-0.3, -0.25) is 0 Å². The van der Waals surface area contributed by atoms with Crippen molar-refractivity contribution in [1.82, 2.24) is 13.9 Å². The number of nitrogens with one attached hydrogen (secondary N) is 1. The first-order chi connectivity index (χ1) is 16.7. The van der Waals surface area contributed by atoms with Crippen LogP contribution in [0, 0.1) is 20.8 Å². The van der Waals surface area contributed by atoms with Crippen LogP contribution in [0.5, 0.6) is 0 Å². The zero-order valence-electron chi connectivity index (χ0n) is 19.4. The number of fused-ring (bicyclic) bond motifs is 1. The van der Waals surface area contributed by atoms with Crippen molar-refractivity contribution in [3.63, 3.8) is 0 Å². The van der Waals surface area contributed by atoms with Gasteiger partial charge in [-0.2, -0.15) is 0 Å². The van der Waals surface area contributed by atoms with E-state index in [4.69, 9.17) is 4.98 Å². The van der Waals surface area contributed by atoms with Crippen LogP contribution in [0.15, 0.2) is 88.5 Å². The highest BCUT2D eigenvalue weighted by Gasteiger charge is 2.22. The minimum atomic E-state index is -3.81. The third-order valence-corrected chi connectivity index (χ3v) is 8.14. The number of hydrogen-bond acceptors (Lipinski definition) is 5. The first-order valence-electron chi connectivity index (χ1n) is 11.0. The number of aromatic nitrogens is 3. The number of hydrogen-bond donors (Lipinski definition) is 1. The molecule has 0 atom stereocenters. The second kappa shape index (κ2) is 8.94. The predicted octanol–water partition coefficient (Wildman–Crippen LogP) is 6.77. The summed E-state index contributed by atoms with van der Waals surface area (Å²) in [6, 6.07) is 20.2. The fourth-order valence-corrected chi connectivity index (χ4v) is 5.82. The molecule has 0 saturated heterocycles. The number of rotatable bonds is 5. The average Bonchev–Trinajstić information content (AvgIpc) is 3.21. The van der Waals surface area contributed by atoms with Crippen molar-refractivity contribution in [2.24, 2.45) is 0 Å². The molecule has 0 aliphatic rings. The summed E-state index contributed by atoms with van der Waals surface area (Å²) in [5.74, 6) is 0.442. The number of nitrogens with zero attached hydrogens (tertiary/aromatic N) is 3. The molecule has 176 valence electrons. The van der Waals surface area contributed by atoms with Gasteiger partial charge in [0.05, 0.1) is 16.1 Å². The van der Waals surface area contributed by atoms with Gasteiger partial charge in [-0.25, -0.2) is 22.4 Å². The smallest absolute Gasteiger partial charge is 0.268 e. The molecule has 0 spiro atoms. The van der Waals surface area contributed by atoms with Gasteiger partial charge in [0.25, 0.3) is 10.0 Å². The maximum absolute atomic E-state index is 13.6. The number of para-hydroxylation sites is 1. The largest absolute Gasteiger partial charge is 0.324 e. The van der Waals surface area contributed by atoms with Gasteiger partial charge in [0.2, 0.25) is 5.95 Å². The van der Waals surface area contributed by atoms with Gasteiger partial charge in [-0.15, -0.1) is 0 Å². The summed E-state index contributed by atoms with van der Waals surface area (Å²) in [6.45, 7) is 5.98. The Morgan fingerprint density at radius 1 is 0.914 bits per heavy atom. The molecule has 0 unspecified atom stereocenters. The number of halogens is 1. The Kier molecular flexibility index (Phi) is 5.94. The summed E-state index contributed by atoms with van der Waals surface area (Å²) in [7, 11) is -3.81. The SMILES string of the molecule is Cc1ccc(S(=O)(=O)n2cc(-c3ccnc(Nc4c(C)cccc4C)n3)c3cc(Br)ccc32)cc1. The molecule has 0 saturated carbocycles. The van der Waals surface area contributed by atoms with E-state index in [1.54, 1.807) is 48.8 Å². The van der Waals surface area contributed by atoms with Gasteiger partial charge in [-0.05, 0) is 68.3 Å². The molecule has 6 nitrogen and oxygen atoms in total. The molecule has 5 rings (SSSR count). The normalized spacial score (nSPS) is 11.7. The summed E-state index contributed by atoms with van der Waals surface area (Å²) < 4.78 is 29.3. The van der Waals surface area contributed by atoms with E-state index in [1.165, 1.54) is 3.97 Å². The van der Waals surface area contributed by atoms with Crippen LogP contribution in [0.3, 0.4) is 0 Å². The lowest BCUT2D eigenvalue weighted by atomic mass is 10.1. The molecular weight excluding hydrogens is 524 g/mol. The van der Waals surface area contributed by atoms with Crippen LogP contribution in [-0.4, -0.2) is 22.4 Å². The molecule has 0 bridgehead atoms. The lowest BCUT2D eigenvalue weighted by molar-refractivity contribution is 0.589.